The van der Waals surface area contributed by atoms with Gasteiger partial charge in [0, 0.05) is 18.3 Å². The zero-order valence-electron chi connectivity index (χ0n) is 21.0. The maximum absolute atomic E-state index is 11.0. The number of nitrogens with zero attached hydrogens (tertiary/aromatic N) is 3. The van der Waals surface area contributed by atoms with Gasteiger partial charge in [-0.25, -0.2) is 9.97 Å². The van der Waals surface area contributed by atoms with Gasteiger partial charge in [0.15, 0.2) is 0 Å². The van der Waals surface area contributed by atoms with Gasteiger partial charge in [0.1, 0.15) is 10.8 Å². The van der Waals surface area contributed by atoms with Crippen LogP contribution < -0.4 is 11.1 Å². The second-order valence-electron chi connectivity index (χ2n) is 6.97. The highest BCUT2D eigenvalue weighted by molar-refractivity contribution is 7.15. The fraction of sp³-hybridized carbons (Fsp3) is 0.583. The van der Waals surface area contributed by atoms with E-state index in [0.717, 1.165) is 41.2 Å². The Kier molecular flexibility index (Phi) is 14.9. The minimum Gasteiger partial charge on any atom is -0.466 e. The smallest absolute Gasteiger partial charge is 0.302 e. The zero-order chi connectivity index (χ0) is 24.7. The molecule has 1 unspecified atom stereocenters. The van der Waals surface area contributed by atoms with Crippen molar-refractivity contribution >= 4 is 29.1 Å². The van der Waals surface area contributed by atoms with E-state index in [2.05, 4.69) is 35.7 Å². The minimum atomic E-state index is -0.242. The molecule has 0 bridgehead atoms. The number of nitrogen functional groups attached to an aromatic ring is 1. The average molecular weight is 464 g/mol. The molecular formula is C24H41N5O2S. The number of allylic oxidation sites excluding steroid dienone is 1. The first kappa shape index (κ1) is 29.5. The highest BCUT2D eigenvalue weighted by Crippen LogP contribution is 2.34. The lowest BCUT2D eigenvalue weighted by Gasteiger charge is -2.16. The second-order valence-corrected chi connectivity index (χ2v) is 8.06. The predicted molar refractivity (Wildman–Crippen MR) is 137 cm³/mol. The van der Waals surface area contributed by atoms with Crippen LogP contribution in [0.25, 0.3) is 10.6 Å². The van der Waals surface area contributed by atoms with Crippen LogP contribution in [-0.2, 0) is 16.0 Å². The van der Waals surface area contributed by atoms with Gasteiger partial charge in [-0.2, -0.15) is 4.98 Å². The quantitative estimate of drug-likeness (QED) is 0.349. The van der Waals surface area contributed by atoms with Crippen LogP contribution >= 0.6 is 11.3 Å². The Hall–Kier alpha value is -2.48. The standard InChI is InChI=1S/C19H29N5O2S.C3H6.C2H6/c1-6-14(10-26-13(5)25)8-9-21-17-16(12(4)23-19(20)24-17)18-22-11(3)15(7-2)27-18;1-3-2;1-2/h14H,6-10H2,1-5H3,(H3,20,21,23,24);3H,1H2,2H3;1-2H3. The molecule has 0 fully saturated rings. The molecule has 0 aliphatic carbocycles. The van der Waals surface area contributed by atoms with Crippen molar-refractivity contribution in [3.8, 4) is 10.6 Å². The van der Waals surface area contributed by atoms with Crippen molar-refractivity contribution in [2.45, 2.75) is 74.7 Å². The number of carbonyl (C=O) groups excluding carboxylic acids is 1. The summed E-state index contributed by atoms with van der Waals surface area (Å²) in [5.74, 6) is 1.01. The number of ether oxygens (including phenoxy) is 1. The van der Waals surface area contributed by atoms with Gasteiger partial charge in [-0.3, -0.25) is 4.79 Å². The molecule has 2 aromatic rings. The number of aromatic nitrogens is 3. The first-order valence-corrected chi connectivity index (χ1v) is 12.1. The van der Waals surface area contributed by atoms with Crippen molar-refractivity contribution in [3.63, 3.8) is 0 Å². The number of nitrogens with one attached hydrogen (secondary N) is 1. The van der Waals surface area contributed by atoms with E-state index in [1.807, 2.05) is 34.6 Å². The van der Waals surface area contributed by atoms with E-state index < -0.39 is 0 Å². The summed E-state index contributed by atoms with van der Waals surface area (Å²) in [5, 5.41) is 4.30. The van der Waals surface area contributed by atoms with Crippen molar-refractivity contribution < 1.29 is 9.53 Å². The molecule has 8 heteroatoms. The minimum absolute atomic E-state index is 0.242. The van der Waals surface area contributed by atoms with E-state index in [1.165, 1.54) is 11.8 Å². The number of aryl methyl sites for hydroxylation is 3. The van der Waals surface area contributed by atoms with Crippen LogP contribution in [0.1, 0.15) is 70.6 Å². The molecule has 3 N–H and O–H groups in total. The summed E-state index contributed by atoms with van der Waals surface area (Å²) in [5.41, 5.74) is 8.64. The lowest BCUT2D eigenvalue weighted by atomic mass is 10.0. The molecule has 0 spiro atoms. The molecule has 2 aromatic heterocycles. The second kappa shape index (κ2) is 16.2. The molecule has 7 nitrogen and oxygen atoms in total. The fourth-order valence-electron chi connectivity index (χ4n) is 2.88. The molecule has 32 heavy (non-hydrogen) atoms. The van der Waals surface area contributed by atoms with Crippen LogP contribution in [0.2, 0.25) is 0 Å². The van der Waals surface area contributed by atoms with Crippen molar-refractivity contribution in [1.29, 1.82) is 0 Å². The summed E-state index contributed by atoms with van der Waals surface area (Å²) in [6.45, 7) is 20.0. The number of carbonyl (C=O) groups is 1. The highest BCUT2D eigenvalue weighted by atomic mass is 32.1. The summed E-state index contributed by atoms with van der Waals surface area (Å²) in [6, 6.07) is 0. The molecule has 0 aromatic carbocycles. The Morgan fingerprint density at radius 2 is 1.84 bits per heavy atom. The van der Waals surface area contributed by atoms with E-state index in [4.69, 9.17) is 15.5 Å². The molecular weight excluding hydrogens is 422 g/mol. The number of hydrogen-bond acceptors (Lipinski definition) is 8. The molecule has 0 radical (unpaired) electrons. The van der Waals surface area contributed by atoms with Crippen molar-refractivity contribution in [3.05, 3.63) is 28.9 Å². The van der Waals surface area contributed by atoms with Crippen molar-refractivity contribution in [2.24, 2.45) is 5.92 Å². The average Bonchev–Trinajstić information content (AvgIpc) is 3.12. The predicted octanol–water partition coefficient (Wildman–Crippen LogP) is 5.97. The van der Waals surface area contributed by atoms with Crippen LogP contribution in [0.5, 0.6) is 0 Å². The normalized spacial score (nSPS) is 10.8. The van der Waals surface area contributed by atoms with Gasteiger partial charge < -0.3 is 15.8 Å². The van der Waals surface area contributed by atoms with Crippen LogP contribution in [-0.4, -0.2) is 34.1 Å². The van der Waals surface area contributed by atoms with Crippen LogP contribution in [0.3, 0.4) is 0 Å². The lowest BCUT2D eigenvalue weighted by molar-refractivity contribution is -0.142. The van der Waals surface area contributed by atoms with Gasteiger partial charge in [0.2, 0.25) is 5.95 Å². The van der Waals surface area contributed by atoms with Crippen molar-refractivity contribution in [2.75, 3.05) is 24.2 Å². The Morgan fingerprint density at radius 3 is 2.34 bits per heavy atom. The Bertz CT molecular complexity index is 836. The summed E-state index contributed by atoms with van der Waals surface area (Å²) < 4.78 is 5.14. The highest BCUT2D eigenvalue weighted by Gasteiger charge is 2.18. The molecule has 2 heterocycles. The van der Waals surface area contributed by atoms with Gasteiger partial charge in [0.25, 0.3) is 0 Å². The fourth-order valence-corrected chi connectivity index (χ4v) is 3.98. The van der Waals surface area contributed by atoms with E-state index in [1.54, 1.807) is 17.4 Å². The molecule has 0 aliphatic heterocycles. The van der Waals surface area contributed by atoms with E-state index in [0.29, 0.717) is 24.9 Å². The van der Waals surface area contributed by atoms with Crippen LogP contribution in [0.15, 0.2) is 12.7 Å². The molecule has 180 valence electrons. The van der Waals surface area contributed by atoms with Crippen LogP contribution in [0, 0.1) is 19.8 Å². The number of thiazole rings is 1. The summed E-state index contributed by atoms with van der Waals surface area (Å²) >= 11 is 1.67. The zero-order valence-corrected chi connectivity index (χ0v) is 21.9. The monoisotopic (exact) mass is 463 g/mol. The first-order chi connectivity index (χ1) is 15.3. The lowest BCUT2D eigenvalue weighted by Crippen LogP contribution is -2.17. The molecule has 0 aliphatic rings. The molecule has 0 saturated heterocycles. The number of esters is 1. The van der Waals surface area contributed by atoms with Gasteiger partial charge in [-0.1, -0.05) is 33.8 Å². The third-order valence-corrected chi connectivity index (χ3v) is 5.80. The Balaban J connectivity index is 0.00000177. The van der Waals surface area contributed by atoms with Crippen LogP contribution in [0.4, 0.5) is 11.8 Å². The molecule has 0 amide bonds. The molecule has 0 saturated carbocycles. The largest absolute Gasteiger partial charge is 0.466 e. The van der Waals surface area contributed by atoms with Gasteiger partial charge in [0.05, 0.1) is 23.6 Å². The first-order valence-electron chi connectivity index (χ1n) is 11.3. The number of anilines is 2. The number of nitrogens with two attached hydrogens (primary N) is 1. The Labute approximate surface area is 197 Å². The Morgan fingerprint density at radius 1 is 1.22 bits per heavy atom. The van der Waals surface area contributed by atoms with Gasteiger partial charge in [-0.05, 0) is 46.0 Å². The molecule has 1 atom stereocenters. The maximum atomic E-state index is 11.0. The van der Waals surface area contributed by atoms with E-state index in [9.17, 15) is 4.79 Å². The summed E-state index contributed by atoms with van der Waals surface area (Å²) in [4.78, 5) is 25.7. The number of rotatable bonds is 9. The van der Waals surface area contributed by atoms with E-state index >= 15 is 0 Å². The third kappa shape index (κ3) is 9.77. The SMILES string of the molecule is C=CC.CC.CCc1sc(-c2c(C)nc(N)nc2NCCC(CC)COC(C)=O)nc1C. The number of hydrogen-bond donors (Lipinski definition) is 2. The third-order valence-electron chi connectivity index (χ3n) is 4.48. The van der Waals surface area contributed by atoms with Gasteiger partial charge >= 0.3 is 5.97 Å². The summed E-state index contributed by atoms with van der Waals surface area (Å²) in [7, 11) is 0. The van der Waals surface area contributed by atoms with Crippen molar-refractivity contribution in [1.82, 2.24) is 15.0 Å². The van der Waals surface area contributed by atoms with Gasteiger partial charge in [-0.15, -0.1) is 17.9 Å². The molecule has 2 rings (SSSR count). The maximum Gasteiger partial charge on any atom is 0.302 e. The van der Waals surface area contributed by atoms with E-state index in [-0.39, 0.29) is 11.9 Å². The topological polar surface area (TPSA) is 103 Å². The summed E-state index contributed by atoms with van der Waals surface area (Å²) in [6.07, 6.45) is 4.51.